The third kappa shape index (κ3) is 3.46. The molecule has 0 unspecified atom stereocenters. The lowest BCUT2D eigenvalue weighted by molar-refractivity contribution is -0.141. The van der Waals surface area contributed by atoms with Gasteiger partial charge < -0.3 is 15.1 Å². The number of carboxylic acids is 1. The van der Waals surface area contributed by atoms with Crippen molar-refractivity contribution < 1.29 is 19.8 Å². The van der Waals surface area contributed by atoms with Crippen LogP contribution in [0.3, 0.4) is 0 Å². The average Bonchev–Trinajstić information content (AvgIpc) is 2.40. The van der Waals surface area contributed by atoms with Gasteiger partial charge in [0.1, 0.15) is 12.3 Å². The van der Waals surface area contributed by atoms with Crippen LogP contribution in [0.4, 0.5) is 0 Å². The first-order chi connectivity index (χ1) is 9.88. The van der Waals surface area contributed by atoms with Crippen LogP contribution < -0.4 is 0 Å². The van der Waals surface area contributed by atoms with E-state index in [-0.39, 0.29) is 18.2 Å². The number of carboxylic acid groups (broad SMARTS) is 1. The lowest BCUT2D eigenvalue weighted by Gasteiger charge is -2.20. The quantitative estimate of drug-likeness (QED) is 0.839. The number of phenolic OH excluding ortho intramolecular Hbond substituents is 1. The fourth-order valence-corrected chi connectivity index (χ4v) is 2.80. The van der Waals surface area contributed by atoms with Crippen molar-refractivity contribution in [2.24, 2.45) is 0 Å². The van der Waals surface area contributed by atoms with Gasteiger partial charge in [-0.05, 0) is 54.2 Å². The minimum absolute atomic E-state index is 0.243. The number of aromatic hydroxyl groups is 1. The first-order valence-electron chi connectivity index (χ1n) is 6.26. The van der Waals surface area contributed by atoms with Crippen molar-refractivity contribution in [3.05, 3.63) is 45.3 Å². The number of aryl methyl sites for hydroxylation is 2. The zero-order valence-electron chi connectivity index (χ0n) is 11.7. The highest BCUT2D eigenvalue weighted by molar-refractivity contribution is 8.06. The summed E-state index contributed by atoms with van der Waals surface area (Å²) in [6.07, 6.45) is 3.16. The molecule has 0 spiro atoms. The molecular formula is C15H15NO4S. The van der Waals surface area contributed by atoms with E-state index in [1.54, 1.807) is 37.5 Å². The molecule has 6 heteroatoms. The number of hydrogen-bond donors (Lipinski definition) is 2. The molecule has 110 valence electrons. The first kappa shape index (κ1) is 15.2. The predicted molar refractivity (Wildman–Crippen MR) is 81.6 cm³/mol. The van der Waals surface area contributed by atoms with Crippen LogP contribution in [-0.4, -0.2) is 33.5 Å². The number of carbonyl (C=O) groups excluding carboxylic acids is 1. The Bertz CT molecular complexity index is 641. The minimum atomic E-state index is -1.06. The Balaban J connectivity index is 2.31. The van der Waals surface area contributed by atoms with Crippen LogP contribution in [-0.2, 0) is 9.59 Å². The maximum Gasteiger partial charge on any atom is 0.323 e. The summed E-state index contributed by atoms with van der Waals surface area (Å²) in [4.78, 5) is 24.5. The van der Waals surface area contributed by atoms with Gasteiger partial charge in [0.2, 0.25) is 0 Å². The van der Waals surface area contributed by atoms with Crippen LogP contribution in [0.1, 0.15) is 16.7 Å². The molecule has 2 N–H and O–H groups in total. The van der Waals surface area contributed by atoms with Crippen molar-refractivity contribution in [3.8, 4) is 5.75 Å². The predicted octanol–water partition coefficient (Wildman–Crippen LogP) is 2.48. The van der Waals surface area contributed by atoms with E-state index in [0.29, 0.717) is 4.91 Å². The van der Waals surface area contributed by atoms with Crippen LogP contribution >= 0.6 is 11.8 Å². The molecule has 0 fully saturated rings. The number of rotatable bonds is 3. The molecule has 1 aromatic rings. The number of hydrogen-bond acceptors (Lipinski definition) is 4. The SMILES string of the molecule is Cc1cc(/C=C2\SC=CN(CC(=O)O)C2=O)cc(C)c1O. The van der Waals surface area contributed by atoms with Gasteiger partial charge in [-0.3, -0.25) is 9.59 Å². The zero-order chi connectivity index (χ0) is 15.6. The highest BCUT2D eigenvalue weighted by Crippen LogP contribution is 2.29. The Morgan fingerprint density at radius 2 is 1.95 bits per heavy atom. The van der Waals surface area contributed by atoms with E-state index in [2.05, 4.69) is 0 Å². The number of aliphatic carboxylic acids is 1. The summed E-state index contributed by atoms with van der Waals surface area (Å²) >= 11 is 1.25. The van der Waals surface area contributed by atoms with Crippen LogP contribution in [0.2, 0.25) is 0 Å². The highest BCUT2D eigenvalue weighted by Gasteiger charge is 2.22. The number of benzene rings is 1. The molecule has 0 saturated carbocycles. The Hall–Kier alpha value is -2.21. The van der Waals surface area contributed by atoms with Crippen molar-refractivity contribution in [1.82, 2.24) is 4.90 Å². The summed E-state index contributed by atoms with van der Waals surface area (Å²) in [5.41, 5.74) is 2.25. The Kier molecular flexibility index (Phi) is 4.37. The van der Waals surface area contributed by atoms with E-state index >= 15 is 0 Å². The van der Waals surface area contributed by atoms with E-state index in [1.807, 2.05) is 0 Å². The number of thioether (sulfide) groups is 1. The van der Waals surface area contributed by atoms with Crippen molar-refractivity contribution in [3.63, 3.8) is 0 Å². The molecule has 2 rings (SSSR count). The molecule has 0 aliphatic carbocycles. The number of carbonyl (C=O) groups is 2. The van der Waals surface area contributed by atoms with Crippen LogP contribution in [0.15, 0.2) is 28.6 Å². The van der Waals surface area contributed by atoms with E-state index in [9.17, 15) is 14.7 Å². The van der Waals surface area contributed by atoms with Crippen molar-refractivity contribution >= 4 is 29.7 Å². The average molecular weight is 305 g/mol. The monoisotopic (exact) mass is 305 g/mol. The van der Waals surface area contributed by atoms with Gasteiger partial charge >= 0.3 is 5.97 Å². The smallest absolute Gasteiger partial charge is 0.323 e. The Morgan fingerprint density at radius 1 is 1.33 bits per heavy atom. The maximum absolute atomic E-state index is 12.2. The lowest BCUT2D eigenvalue weighted by atomic mass is 10.1. The summed E-state index contributed by atoms with van der Waals surface area (Å²) < 4.78 is 0. The van der Waals surface area contributed by atoms with Crippen molar-refractivity contribution in [2.45, 2.75) is 13.8 Å². The number of nitrogens with zero attached hydrogens (tertiary/aromatic N) is 1. The fraction of sp³-hybridized carbons (Fsp3) is 0.200. The second kappa shape index (κ2) is 6.05. The molecule has 1 aliphatic rings. The number of phenols is 1. The largest absolute Gasteiger partial charge is 0.507 e. The molecule has 1 amide bonds. The molecule has 1 aromatic carbocycles. The van der Waals surface area contributed by atoms with Gasteiger partial charge in [-0.1, -0.05) is 11.8 Å². The summed E-state index contributed by atoms with van der Waals surface area (Å²) in [7, 11) is 0. The Morgan fingerprint density at radius 3 is 2.52 bits per heavy atom. The summed E-state index contributed by atoms with van der Waals surface area (Å²) in [5, 5.41) is 20.2. The summed E-state index contributed by atoms with van der Waals surface area (Å²) in [6, 6.07) is 3.56. The molecule has 1 heterocycles. The molecule has 0 aromatic heterocycles. The molecule has 0 saturated heterocycles. The van der Waals surface area contributed by atoms with Crippen molar-refractivity contribution in [2.75, 3.05) is 6.54 Å². The van der Waals surface area contributed by atoms with Gasteiger partial charge in [0.15, 0.2) is 0 Å². The topological polar surface area (TPSA) is 77.8 Å². The van der Waals surface area contributed by atoms with E-state index < -0.39 is 5.97 Å². The van der Waals surface area contributed by atoms with Gasteiger partial charge in [0.05, 0.1) is 4.91 Å². The Labute approximate surface area is 126 Å². The molecule has 5 nitrogen and oxygen atoms in total. The van der Waals surface area contributed by atoms with Gasteiger partial charge in [0.25, 0.3) is 5.91 Å². The van der Waals surface area contributed by atoms with Gasteiger partial charge in [0, 0.05) is 6.20 Å². The third-order valence-corrected chi connectivity index (χ3v) is 3.83. The second-order valence-electron chi connectivity index (χ2n) is 4.74. The third-order valence-electron chi connectivity index (χ3n) is 3.02. The lowest BCUT2D eigenvalue weighted by Crippen LogP contribution is -2.32. The maximum atomic E-state index is 12.2. The van der Waals surface area contributed by atoms with Gasteiger partial charge in [-0.2, -0.15) is 0 Å². The molecule has 1 aliphatic heterocycles. The molecular weight excluding hydrogens is 290 g/mol. The zero-order valence-corrected chi connectivity index (χ0v) is 12.5. The fourth-order valence-electron chi connectivity index (χ4n) is 2.03. The summed E-state index contributed by atoms with van der Waals surface area (Å²) in [6.45, 7) is 3.22. The molecule has 0 bridgehead atoms. The van der Waals surface area contributed by atoms with Crippen LogP contribution in [0, 0.1) is 13.8 Å². The van der Waals surface area contributed by atoms with Crippen molar-refractivity contribution in [1.29, 1.82) is 0 Å². The standard InChI is InChI=1S/C15H15NO4S/c1-9-5-11(6-10(2)14(9)19)7-12-15(20)16(3-4-21-12)8-13(17)18/h3-7,19H,8H2,1-2H3,(H,17,18)/b12-7-. The first-order valence-corrected chi connectivity index (χ1v) is 7.14. The normalized spacial score (nSPS) is 16.6. The summed E-state index contributed by atoms with van der Waals surface area (Å²) in [5.74, 6) is -1.16. The van der Waals surface area contributed by atoms with Gasteiger partial charge in [-0.15, -0.1) is 0 Å². The molecule has 0 atom stereocenters. The highest BCUT2D eigenvalue weighted by atomic mass is 32.2. The number of amides is 1. The van der Waals surface area contributed by atoms with Gasteiger partial charge in [-0.25, -0.2) is 0 Å². The molecule has 0 radical (unpaired) electrons. The minimum Gasteiger partial charge on any atom is -0.507 e. The van der Waals surface area contributed by atoms with E-state index in [1.165, 1.54) is 18.0 Å². The van der Waals surface area contributed by atoms with Crippen LogP contribution in [0.5, 0.6) is 5.75 Å². The second-order valence-corrected chi connectivity index (χ2v) is 5.69. The van der Waals surface area contributed by atoms with Crippen LogP contribution in [0.25, 0.3) is 6.08 Å². The van der Waals surface area contributed by atoms with E-state index in [4.69, 9.17) is 5.11 Å². The molecule has 21 heavy (non-hydrogen) atoms. The van der Waals surface area contributed by atoms with E-state index in [0.717, 1.165) is 21.6 Å².